The zero-order valence-corrected chi connectivity index (χ0v) is 12.3. The van der Waals surface area contributed by atoms with Crippen molar-refractivity contribution in [2.24, 2.45) is 0 Å². The summed E-state index contributed by atoms with van der Waals surface area (Å²) < 4.78 is 3.05. The number of aromatic amines is 1. The van der Waals surface area contributed by atoms with Crippen molar-refractivity contribution in [2.75, 3.05) is 33.7 Å². The van der Waals surface area contributed by atoms with Gasteiger partial charge in [-0.25, -0.2) is 0 Å². The molecule has 1 unspecified atom stereocenters. The summed E-state index contributed by atoms with van der Waals surface area (Å²) in [6, 6.07) is 8.84. The number of hydrogen-bond donors (Lipinski definition) is 1. The van der Waals surface area contributed by atoms with Crippen molar-refractivity contribution in [1.29, 1.82) is 0 Å². The van der Waals surface area contributed by atoms with E-state index in [2.05, 4.69) is 51.6 Å². The quantitative estimate of drug-likeness (QED) is 0.850. The van der Waals surface area contributed by atoms with E-state index in [9.17, 15) is 0 Å². The molecule has 19 heavy (non-hydrogen) atoms. The fraction of sp³-hybridized carbons (Fsp3) is 0.500. The number of imidazole rings is 1. The van der Waals surface area contributed by atoms with Gasteiger partial charge in [0, 0.05) is 32.2 Å². The zero-order chi connectivity index (χ0) is 13.4. The van der Waals surface area contributed by atoms with Gasteiger partial charge in [-0.05, 0) is 38.4 Å². The first-order valence-electron chi connectivity index (χ1n) is 6.71. The monoisotopic (exact) mass is 276 g/mol. The molecule has 4 nitrogen and oxygen atoms in total. The molecule has 0 saturated carbocycles. The molecule has 0 radical (unpaired) electrons. The molecule has 2 heterocycles. The van der Waals surface area contributed by atoms with E-state index >= 15 is 0 Å². The molecule has 0 bridgehead atoms. The van der Waals surface area contributed by atoms with Crippen LogP contribution in [0.15, 0.2) is 24.3 Å². The molecule has 1 aromatic heterocycles. The number of rotatable bonds is 2. The molecule has 3 rings (SSSR count). The Morgan fingerprint density at radius 2 is 2.05 bits per heavy atom. The number of likely N-dealkylation sites (N-methyl/N-ethyl adjacent to an activating group) is 2. The number of benzene rings is 1. The highest BCUT2D eigenvalue weighted by Crippen LogP contribution is 2.16. The standard InChI is InChI=1S/C14H20N4S/c1-16-7-8-17(2)11(9-16)10-18-13-6-4-3-5-12(13)15-14(18)19/h3-6,11H,7-10H2,1-2H3,(H,15,19). The summed E-state index contributed by atoms with van der Waals surface area (Å²) >= 11 is 5.46. The molecule has 1 saturated heterocycles. The van der Waals surface area contributed by atoms with Crippen LogP contribution >= 0.6 is 12.2 Å². The van der Waals surface area contributed by atoms with Gasteiger partial charge in [0.05, 0.1) is 11.0 Å². The summed E-state index contributed by atoms with van der Waals surface area (Å²) in [5, 5.41) is 0. The van der Waals surface area contributed by atoms with Crippen LogP contribution in [0.5, 0.6) is 0 Å². The van der Waals surface area contributed by atoms with E-state index in [1.807, 2.05) is 6.07 Å². The molecule has 1 aliphatic heterocycles. The van der Waals surface area contributed by atoms with E-state index in [1.165, 1.54) is 5.52 Å². The lowest BCUT2D eigenvalue weighted by atomic mass is 10.2. The predicted molar refractivity (Wildman–Crippen MR) is 81.0 cm³/mol. The van der Waals surface area contributed by atoms with Crippen LogP contribution in [-0.4, -0.2) is 59.1 Å². The van der Waals surface area contributed by atoms with Crippen molar-refractivity contribution < 1.29 is 0 Å². The van der Waals surface area contributed by atoms with Crippen LogP contribution in [0.2, 0.25) is 0 Å². The summed E-state index contributed by atoms with van der Waals surface area (Å²) in [6.07, 6.45) is 0. The van der Waals surface area contributed by atoms with Crippen LogP contribution < -0.4 is 0 Å². The van der Waals surface area contributed by atoms with E-state index in [1.54, 1.807) is 0 Å². The van der Waals surface area contributed by atoms with Gasteiger partial charge >= 0.3 is 0 Å². The number of aromatic nitrogens is 2. The number of H-pyrrole nitrogens is 1. The maximum Gasteiger partial charge on any atom is 0.178 e. The van der Waals surface area contributed by atoms with E-state index in [-0.39, 0.29) is 0 Å². The van der Waals surface area contributed by atoms with E-state index in [4.69, 9.17) is 12.2 Å². The van der Waals surface area contributed by atoms with E-state index in [0.717, 1.165) is 36.5 Å². The molecule has 1 atom stereocenters. The molecular formula is C14H20N4S. The van der Waals surface area contributed by atoms with Gasteiger partial charge in [-0.1, -0.05) is 12.1 Å². The Bertz CT molecular complexity index is 630. The summed E-state index contributed by atoms with van der Waals surface area (Å²) in [6.45, 7) is 4.31. The summed E-state index contributed by atoms with van der Waals surface area (Å²) in [5.41, 5.74) is 2.33. The van der Waals surface area contributed by atoms with Gasteiger partial charge in [0.1, 0.15) is 0 Å². The number of nitrogens with one attached hydrogen (secondary N) is 1. The minimum absolute atomic E-state index is 0.518. The van der Waals surface area contributed by atoms with Gasteiger partial charge in [-0.3, -0.25) is 4.90 Å². The maximum absolute atomic E-state index is 5.46. The van der Waals surface area contributed by atoms with Crippen LogP contribution in [0.1, 0.15) is 0 Å². The van der Waals surface area contributed by atoms with E-state index in [0.29, 0.717) is 6.04 Å². The van der Waals surface area contributed by atoms with Crippen molar-refractivity contribution >= 4 is 23.3 Å². The highest BCUT2D eigenvalue weighted by molar-refractivity contribution is 7.71. The molecule has 0 spiro atoms. The Morgan fingerprint density at radius 1 is 1.26 bits per heavy atom. The van der Waals surface area contributed by atoms with Gasteiger partial charge < -0.3 is 14.5 Å². The molecule has 0 amide bonds. The topological polar surface area (TPSA) is 27.2 Å². The van der Waals surface area contributed by atoms with Crippen LogP contribution in [0.4, 0.5) is 0 Å². The van der Waals surface area contributed by atoms with E-state index < -0.39 is 0 Å². The lowest BCUT2D eigenvalue weighted by molar-refractivity contribution is 0.103. The van der Waals surface area contributed by atoms with Gasteiger partial charge in [-0.2, -0.15) is 0 Å². The normalized spacial score (nSPS) is 22.1. The first-order valence-corrected chi connectivity index (χ1v) is 7.12. The molecule has 5 heteroatoms. The third-order valence-electron chi connectivity index (χ3n) is 4.06. The molecule has 1 aromatic carbocycles. The Balaban J connectivity index is 1.92. The SMILES string of the molecule is CN1CCN(C)C(Cn2c(=S)[nH]c3ccccc32)C1. The number of hydrogen-bond acceptors (Lipinski definition) is 3. The van der Waals surface area contributed by atoms with Crippen molar-refractivity contribution in [2.45, 2.75) is 12.6 Å². The van der Waals surface area contributed by atoms with Gasteiger partial charge in [0.25, 0.3) is 0 Å². The molecule has 2 aromatic rings. The molecular weight excluding hydrogens is 256 g/mol. The first-order chi connectivity index (χ1) is 9.15. The first kappa shape index (κ1) is 12.8. The molecule has 1 aliphatic rings. The zero-order valence-electron chi connectivity index (χ0n) is 11.5. The second-order valence-corrected chi connectivity index (χ2v) is 5.84. The van der Waals surface area contributed by atoms with Gasteiger partial charge in [-0.15, -0.1) is 0 Å². The maximum atomic E-state index is 5.46. The predicted octanol–water partition coefficient (Wildman–Crippen LogP) is 1.94. The fourth-order valence-electron chi connectivity index (χ4n) is 2.80. The lowest BCUT2D eigenvalue weighted by Gasteiger charge is -2.37. The minimum atomic E-state index is 0.518. The highest BCUT2D eigenvalue weighted by Gasteiger charge is 2.23. The van der Waals surface area contributed by atoms with Crippen molar-refractivity contribution in [1.82, 2.24) is 19.4 Å². The molecule has 1 N–H and O–H groups in total. The van der Waals surface area contributed by atoms with Crippen LogP contribution in [0.25, 0.3) is 11.0 Å². The third-order valence-corrected chi connectivity index (χ3v) is 4.38. The second-order valence-electron chi connectivity index (χ2n) is 5.45. The fourth-order valence-corrected chi connectivity index (χ4v) is 3.08. The molecule has 102 valence electrons. The van der Waals surface area contributed by atoms with Crippen LogP contribution in [0, 0.1) is 4.77 Å². The van der Waals surface area contributed by atoms with Gasteiger partial charge in [0.15, 0.2) is 4.77 Å². The Kier molecular flexibility index (Phi) is 3.43. The lowest BCUT2D eigenvalue weighted by Crippen LogP contribution is -2.51. The number of para-hydroxylation sites is 2. The summed E-state index contributed by atoms with van der Waals surface area (Å²) in [5.74, 6) is 0. The van der Waals surface area contributed by atoms with Crippen LogP contribution in [-0.2, 0) is 6.54 Å². The van der Waals surface area contributed by atoms with Gasteiger partial charge in [0.2, 0.25) is 0 Å². The largest absolute Gasteiger partial charge is 0.331 e. The molecule has 1 fully saturated rings. The van der Waals surface area contributed by atoms with Crippen molar-refractivity contribution in [3.05, 3.63) is 29.0 Å². The van der Waals surface area contributed by atoms with Crippen LogP contribution in [0.3, 0.4) is 0 Å². The highest BCUT2D eigenvalue weighted by atomic mass is 32.1. The number of nitrogens with zero attached hydrogens (tertiary/aromatic N) is 3. The number of piperazine rings is 1. The second kappa shape index (κ2) is 5.07. The Morgan fingerprint density at radius 3 is 2.89 bits per heavy atom. The average Bonchev–Trinajstić information content (AvgIpc) is 2.71. The van der Waals surface area contributed by atoms with Crippen molar-refractivity contribution in [3.8, 4) is 0 Å². The Hall–Kier alpha value is -1.17. The summed E-state index contributed by atoms with van der Waals surface area (Å²) in [7, 11) is 4.39. The minimum Gasteiger partial charge on any atom is -0.331 e. The third kappa shape index (κ3) is 2.45. The van der Waals surface area contributed by atoms with Crippen molar-refractivity contribution in [3.63, 3.8) is 0 Å². The summed E-state index contributed by atoms with van der Waals surface area (Å²) in [4.78, 5) is 8.11. The molecule has 0 aliphatic carbocycles. The Labute approximate surface area is 118 Å². The number of fused-ring (bicyclic) bond motifs is 1. The average molecular weight is 276 g/mol. The smallest absolute Gasteiger partial charge is 0.178 e.